The molecule has 2 aliphatic heterocycles. The summed E-state index contributed by atoms with van der Waals surface area (Å²) in [5, 5.41) is 1.95. The largest absolute Gasteiger partial charge is 0.327 e. The van der Waals surface area contributed by atoms with Crippen molar-refractivity contribution in [2.24, 2.45) is 0 Å². The highest BCUT2D eigenvalue weighted by atomic mass is 16.2. The first-order chi connectivity index (χ1) is 16.2. The highest BCUT2D eigenvalue weighted by molar-refractivity contribution is 5.94. The van der Waals surface area contributed by atoms with Crippen molar-refractivity contribution in [1.29, 1.82) is 0 Å². The van der Waals surface area contributed by atoms with Crippen molar-refractivity contribution < 1.29 is 14.5 Å². The van der Waals surface area contributed by atoms with Gasteiger partial charge < -0.3 is 9.80 Å². The molecular formula is C27H29N4O2+. The number of benzene rings is 3. The number of para-hydroxylation sites is 2. The molecule has 0 aliphatic carbocycles. The van der Waals surface area contributed by atoms with E-state index in [-0.39, 0.29) is 11.8 Å². The molecule has 2 heterocycles. The second-order valence-electron chi connectivity index (χ2n) is 8.71. The fraction of sp³-hybridized carbons (Fsp3) is 0.259. The lowest BCUT2D eigenvalue weighted by molar-refractivity contribution is -0.896. The van der Waals surface area contributed by atoms with E-state index in [1.165, 1.54) is 16.0 Å². The van der Waals surface area contributed by atoms with Crippen LogP contribution in [0.3, 0.4) is 0 Å². The minimum atomic E-state index is -0.0145. The zero-order chi connectivity index (χ0) is 22.6. The van der Waals surface area contributed by atoms with Crippen LogP contribution in [-0.2, 0) is 17.6 Å². The molecule has 3 aromatic carbocycles. The molecule has 2 amide bonds. The number of anilines is 2. The molecule has 1 fully saturated rings. The van der Waals surface area contributed by atoms with Gasteiger partial charge in [-0.1, -0.05) is 54.6 Å². The van der Waals surface area contributed by atoms with Gasteiger partial charge in [-0.15, -0.1) is 0 Å². The average Bonchev–Trinajstić information content (AvgIpc) is 3.02. The predicted octanol–water partition coefficient (Wildman–Crippen LogP) is 2.00. The summed E-state index contributed by atoms with van der Waals surface area (Å²) in [5.74, 6) is 0.0521. The Hall–Kier alpha value is -3.64. The molecule has 3 aromatic rings. The number of aryl methyl sites for hydroxylation is 2. The van der Waals surface area contributed by atoms with Gasteiger partial charge in [0.1, 0.15) is 0 Å². The van der Waals surface area contributed by atoms with E-state index in [1.807, 2.05) is 52.4 Å². The summed E-state index contributed by atoms with van der Waals surface area (Å²) < 4.78 is 0. The van der Waals surface area contributed by atoms with Gasteiger partial charge in [0.2, 0.25) is 0 Å². The van der Waals surface area contributed by atoms with Gasteiger partial charge in [-0.2, -0.15) is 0 Å². The van der Waals surface area contributed by atoms with Crippen molar-refractivity contribution >= 4 is 23.2 Å². The monoisotopic (exact) mass is 441 g/mol. The molecule has 2 aliphatic rings. The van der Waals surface area contributed by atoms with Crippen LogP contribution in [0.4, 0.5) is 11.4 Å². The number of carbonyl (C=O) groups excluding carboxylic acids is 2. The fourth-order valence-electron chi connectivity index (χ4n) is 4.76. The van der Waals surface area contributed by atoms with Gasteiger partial charge in [-0.3, -0.25) is 20.0 Å². The maximum Gasteiger partial charge on any atom is 0.293 e. The maximum absolute atomic E-state index is 13.1. The number of rotatable bonds is 4. The molecular weight excluding hydrogens is 412 g/mol. The minimum Gasteiger partial charge on any atom is -0.327 e. The van der Waals surface area contributed by atoms with Crippen LogP contribution in [0.2, 0.25) is 0 Å². The third kappa shape index (κ3) is 4.61. The van der Waals surface area contributed by atoms with Gasteiger partial charge in [0.05, 0.1) is 37.6 Å². The van der Waals surface area contributed by atoms with E-state index in [9.17, 15) is 9.59 Å². The van der Waals surface area contributed by atoms with Crippen LogP contribution in [0, 0.1) is 0 Å². The molecule has 168 valence electrons. The summed E-state index contributed by atoms with van der Waals surface area (Å²) >= 11 is 0. The first-order valence-corrected chi connectivity index (χ1v) is 11.6. The lowest BCUT2D eigenvalue weighted by Gasteiger charge is -2.33. The molecule has 0 aromatic heterocycles. The minimum absolute atomic E-state index is 0.0145. The van der Waals surface area contributed by atoms with E-state index in [2.05, 4.69) is 41.8 Å². The Kier molecular flexibility index (Phi) is 6.09. The van der Waals surface area contributed by atoms with E-state index in [4.69, 9.17) is 0 Å². The summed E-state index contributed by atoms with van der Waals surface area (Å²) in [6.45, 7) is 3.23. The third-order valence-corrected chi connectivity index (χ3v) is 6.55. The second kappa shape index (κ2) is 9.46. The van der Waals surface area contributed by atoms with Crippen LogP contribution in [-0.4, -0.2) is 49.4 Å². The molecule has 2 N–H and O–H groups in total. The van der Waals surface area contributed by atoms with Gasteiger partial charge in [0.25, 0.3) is 11.8 Å². The maximum atomic E-state index is 13.1. The Morgan fingerprint density at radius 2 is 1.30 bits per heavy atom. The summed E-state index contributed by atoms with van der Waals surface area (Å²) in [6, 6.07) is 25.9. The molecule has 1 saturated heterocycles. The SMILES string of the molecule is O=C(C[NH+]1CCN(C(=O)c2ccccc2)CC1)NN1c2ccccc2CCc2ccccc21. The van der Waals surface area contributed by atoms with Crippen LogP contribution in [0.25, 0.3) is 0 Å². The topological polar surface area (TPSA) is 57.1 Å². The summed E-state index contributed by atoms with van der Waals surface area (Å²) in [7, 11) is 0. The van der Waals surface area contributed by atoms with E-state index < -0.39 is 0 Å². The molecule has 6 nitrogen and oxygen atoms in total. The molecule has 0 spiro atoms. The number of carbonyl (C=O) groups is 2. The average molecular weight is 442 g/mol. The number of fused-ring (bicyclic) bond motifs is 2. The van der Waals surface area contributed by atoms with Crippen LogP contribution < -0.4 is 15.3 Å². The van der Waals surface area contributed by atoms with Gasteiger partial charge in [-0.25, -0.2) is 0 Å². The zero-order valence-electron chi connectivity index (χ0n) is 18.7. The molecule has 0 unspecified atom stereocenters. The first kappa shape index (κ1) is 21.2. The molecule has 0 atom stereocenters. The van der Waals surface area contributed by atoms with Crippen LogP contribution in [0.5, 0.6) is 0 Å². The van der Waals surface area contributed by atoms with Gasteiger partial charge in [-0.05, 0) is 48.2 Å². The normalized spacial score (nSPS) is 15.9. The lowest BCUT2D eigenvalue weighted by Crippen LogP contribution is -3.16. The summed E-state index contributed by atoms with van der Waals surface area (Å²) in [4.78, 5) is 28.9. The van der Waals surface area contributed by atoms with Crippen molar-refractivity contribution in [3.63, 3.8) is 0 Å². The number of hydrogen-bond acceptors (Lipinski definition) is 3. The van der Waals surface area contributed by atoms with Crippen molar-refractivity contribution in [1.82, 2.24) is 10.3 Å². The van der Waals surface area contributed by atoms with E-state index in [0.29, 0.717) is 19.6 Å². The van der Waals surface area contributed by atoms with Gasteiger partial charge in [0.15, 0.2) is 6.54 Å². The van der Waals surface area contributed by atoms with Crippen molar-refractivity contribution in [2.75, 3.05) is 37.7 Å². The smallest absolute Gasteiger partial charge is 0.293 e. The number of amides is 2. The van der Waals surface area contributed by atoms with Crippen molar-refractivity contribution in [3.05, 3.63) is 95.6 Å². The van der Waals surface area contributed by atoms with E-state index >= 15 is 0 Å². The molecule has 33 heavy (non-hydrogen) atoms. The second-order valence-corrected chi connectivity index (χ2v) is 8.71. The first-order valence-electron chi connectivity index (χ1n) is 11.6. The standard InChI is InChI=1S/C27H28N4O2/c32-26(20-29-16-18-30(19-17-29)27(33)23-10-2-1-3-11-23)28-31-24-12-6-4-8-21(24)14-15-22-9-5-7-13-25(22)31/h1-13H,14-20H2,(H,28,32)/p+1. The molecule has 0 radical (unpaired) electrons. The molecule has 0 bridgehead atoms. The lowest BCUT2D eigenvalue weighted by atomic mass is 10.0. The third-order valence-electron chi connectivity index (χ3n) is 6.55. The zero-order valence-corrected chi connectivity index (χ0v) is 18.7. The van der Waals surface area contributed by atoms with Crippen LogP contribution in [0.15, 0.2) is 78.9 Å². The number of hydrazine groups is 1. The molecule has 6 heteroatoms. The molecule has 5 rings (SSSR count). The Balaban J connectivity index is 1.24. The van der Waals surface area contributed by atoms with Crippen molar-refractivity contribution in [3.8, 4) is 0 Å². The van der Waals surface area contributed by atoms with Gasteiger partial charge in [0, 0.05) is 5.56 Å². The Morgan fingerprint density at radius 3 is 1.91 bits per heavy atom. The molecule has 0 saturated carbocycles. The fourth-order valence-corrected chi connectivity index (χ4v) is 4.76. The number of nitrogens with zero attached hydrogens (tertiary/aromatic N) is 2. The predicted molar refractivity (Wildman–Crippen MR) is 128 cm³/mol. The van der Waals surface area contributed by atoms with E-state index in [0.717, 1.165) is 42.9 Å². The Morgan fingerprint density at radius 1 is 0.758 bits per heavy atom. The number of piperazine rings is 1. The van der Waals surface area contributed by atoms with Gasteiger partial charge >= 0.3 is 0 Å². The summed E-state index contributed by atoms with van der Waals surface area (Å²) in [6.07, 6.45) is 1.89. The van der Waals surface area contributed by atoms with Crippen LogP contribution in [0.1, 0.15) is 21.5 Å². The number of nitrogens with one attached hydrogen (secondary N) is 2. The quantitative estimate of drug-likeness (QED) is 0.651. The highest BCUT2D eigenvalue weighted by Crippen LogP contribution is 2.34. The number of hydrogen-bond donors (Lipinski definition) is 2. The Labute approximate surface area is 194 Å². The summed E-state index contributed by atoms with van der Waals surface area (Å²) in [5.41, 5.74) is 8.42. The van der Waals surface area contributed by atoms with Crippen LogP contribution >= 0.6 is 0 Å². The highest BCUT2D eigenvalue weighted by Gasteiger charge is 2.27. The Bertz CT molecular complexity index is 1090. The van der Waals surface area contributed by atoms with Crippen molar-refractivity contribution in [2.45, 2.75) is 12.8 Å². The van der Waals surface area contributed by atoms with E-state index in [1.54, 1.807) is 0 Å². The number of quaternary nitrogens is 1.